The summed E-state index contributed by atoms with van der Waals surface area (Å²) in [4.78, 5) is 25.2. The summed E-state index contributed by atoms with van der Waals surface area (Å²) in [5.74, 6) is -1.69. The summed E-state index contributed by atoms with van der Waals surface area (Å²) in [5.41, 5.74) is 2.90. The molecule has 1 aromatic heterocycles. The molecule has 0 unspecified atom stereocenters. The molecular weight excluding hydrogens is 409 g/mol. The second kappa shape index (κ2) is 9.06. The Labute approximate surface area is 185 Å². The van der Waals surface area contributed by atoms with Crippen LogP contribution in [0, 0.1) is 12.7 Å². The van der Waals surface area contributed by atoms with E-state index in [2.05, 4.69) is 0 Å². The van der Waals surface area contributed by atoms with E-state index in [1.165, 1.54) is 18.2 Å². The molecule has 4 rings (SSSR count). The fourth-order valence-electron chi connectivity index (χ4n) is 3.74. The smallest absolute Gasteiger partial charge is 0.346 e. The van der Waals surface area contributed by atoms with Crippen molar-refractivity contribution in [1.82, 2.24) is 4.57 Å². The molecule has 0 amide bonds. The van der Waals surface area contributed by atoms with Crippen molar-refractivity contribution in [2.75, 3.05) is 6.61 Å². The monoisotopic (exact) mass is 431 g/mol. The van der Waals surface area contributed by atoms with Crippen LogP contribution in [-0.4, -0.2) is 23.1 Å². The van der Waals surface area contributed by atoms with Crippen molar-refractivity contribution in [2.45, 2.75) is 20.4 Å². The third-order valence-electron chi connectivity index (χ3n) is 5.26. The first kappa shape index (κ1) is 21.3. The third-order valence-corrected chi connectivity index (χ3v) is 5.26. The molecule has 3 aromatic carbocycles. The summed E-state index contributed by atoms with van der Waals surface area (Å²) < 4.78 is 26.7. The van der Waals surface area contributed by atoms with E-state index in [1.807, 2.05) is 41.8 Å². The molecule has 6 heteroatoms. The number of carbonyl (C=O) groups excluding carboxylic acids is 2. The number of carbonyl (C=O) groups is 2. The van der Waals surface area contributed by atoms with Gasteiger partial charge in [-0.3, -0.25) is 0 Å². The maximum Gasteiger partial charge on any atom is 0.346 e. The minimum atomic E-state index is -0.805. The van der Waals surface area contributed by atoms with Crippen molar-refractivity contribution in [3.63, 3.8) is 0 Å². The molecule has 162 valence electrons. The zero-order valence-electron chi connectivity index (χ0n) is 17.8. The van der Waals surface area contributed by atoms with Crippen molar-refractivity contribution >= 4 is 22.8 Å². The first-order chi connectivity index (χ1) is 15.5. The quantitative estimate of drug-likeness (QED) is 0.297. The van der Waals surface area contributed by atoms with E-state index in [9.17, 15) is 14.0 Å². The second-order valence-corrected chi connectivity index (χ2v) is 7.30. The topological polar surface area (TPSA) is 57.5 Å². The zero-order valence-corrected chi connectivity index (χ0v) is 17.8. The van der Waals surface area contributed by atoms with E-state index >= 15 is 0 Å². The van der Waals surface area contributed by atoms with Gasteiger partial charge in [-0.15, -0.1) is 0 Å². The largest absolute Gasteiger partial charge is 0.462 e. The Hall–Kier alpha value is -3.93. The Morgan fingerprint density at radius 1 is 0.938 bits per heavy atom. The highest BCUT2D eigenvalue weighted by molar-refractivity contribution is 6.06. The molecule has 0 saturated heterocycles. The van der Waals surface area contributed by atoms with E-state index in [0.717, 1.165) is 16.8 Å². The standard InChI is InChI=1S/C26H22FNO4/c1-3-31-26(30)24-17(2)28(16-18-9-5-4-6-10-18)23-14-13-19(15-21(23)24)32-25(29)20-11-7-8-12-22(20)27/h4-15H,3,16H2,1-2H3. The zero-order chi connectivity index (χ0) is 22.7. The molecule has 4 aromatic rings. The van der Waals surface area contributed by atoms with E-state index in [0.29, 0.717) is 17.5 Å². The Bertz CT molecular complexity index is 1290. The number of ether oxygens (including phenoxy) is 2. The number of rotatable bonds is 6. The van der Waals surface area contributed by atoms with Crippen molar-refractivity contribution in [3.8, 4) is 5.75 Å². The summed E-state index contributed by atoms with van der Waals surface area (Å²) in [5, 5.41) is 0.607. The Kier molecular flexibility index (Phi) is 6.03. The number of nitrogens with zero attached hydrogens (tertiary/aromatic N) is 1. The highest BCUT2D eigenvalue weighted by Crippen LogP contribution is 2.31. The van der Waals surface area contributed by atoms with Crippen LogP contribution in [0.4, 0.5) is 4.39 Å². The maximum absolute atomic E-state index is 13.9. The number of fused-ring (bicyclic) bond motifs is 1. The molecule has 5 nitrogen and oxygen atoms in total. The SMILES string of the molecule is CCOC(=O)c1c(C)n(Cc2ccccc2)c2ccc(OC(=O)c3ccccc3F)cc12. The van der Waals surface area contributed by atoms with Gasteiger partial charge in [0.05, 0.1) is 17.7 Å². The predicted molar refractivity (Wildman–Crippen MR) is 120 cm³/mol. The van der Waals surface area contributed by atoms with Crippen LogP contribution in [-0.2, 0) is 11.3 Å². The van der Waals surface area contributed by atoms with Crippen LogP contribution in [0.5, 0.6) is 5.75 Å². The molecular formula is C26H22FNO4. The van der Waals surface area contributed by atoms with Crippen LogP contribution in [0.2, 0.25) is 0 Å². The molecule has 0 aliphatic carbocycles. The van der Waals surface area contributed by atoms with Gasteiger partial charge in [0.15, 0.2) is 0 Å². The molecule has 0 saturated carbocycles. The second-order valence-electron chi connectivity index (χ2n) is 7.30. The van der Waals surface area contributed by atoms with Crippen LogP contribution >= 0.6 is 0 Å². The number of halogens is 1. The Balaban J connectivity index is 1.77. The summed E-state index contributed by atoms with van der Waals surface area (Å²) >= 11 is 0. The average molecular weight is 431 g/mol. The Morgan fingerprint density at radius 3 is 2.38 bits per heavy atom. The van der Waals surface area contributed by atoms with Gasteiger partial charge in [-0.2, -0.15) is 0 Å². The lowest BCUT2D eigenvalue weighted by atomic mass is 10.1. The summed E-state index contributed by atoms with van der Waals surface area (Å²) in [6.45, 7) is 4.42. The van der Waals surface area contributed by atoms with E-state index in [-0.39, 0.29) is 17.9 Å². The first-order valence-corrected chi connectivity index (χ1v) is 10.3. The lowest BCUT2D eigenvalue weighted by Gasteiger charge is -2.09. The van der Waals surface area contributed by atoms with Crippen LogP contribution in [0.3, 0.4) is 0 Å². The van der Waals surface area contributed by atoms with Gasteiger partial charge in [0.25, 0.3) is 0 Å². The molecule has 0 fully saturated rings. The van der Waals surface area contributed by atoms with Gasteiger partial charge in [0.2, 0.25) is 0 Å². The molecule has 0 aliphatic heterocycles. The van der Waals surface area contributed by atoms with Gasteiger partial charge in [0.1, 0.15) is 11.6 Å². The Morgan fingerprint density at radius 2 is 1.66 bits per heavy atom. The van der Waals surface area contributed by atoms with Gasteiger partial charge < -0.3 is 14.0 Å². The molecule has 32 heavy (non-hydrogen) atoms. The van der Waals surface area contributed by atoms with Gasteiger partial charge in [-0.05, 0) is 49.7 Å². The minimum Gasteiger partial charge on any atom is -0.462 e. The number of benzene rings is 3. The van der Waals surface area contributed by atoms with Crippen molar-refractivity contribution in [3.05, 3.63) is 101 Å². The molecule has 0 aliphatic rings. The van der Waals surface area contributed by atoms with E-state index in [1.54, 1.807) is 31.2 Å². The van der Waals surface area contributed by atoms with Crippen LogP contribution in [0.15, 0.2) is 72.8 Å². The van der Waals surface area contributed by atoms with Gasteiger partial charge in [0, 0.05) is 23.1 Å². The normalized spacial score (nSPS) is 10.8. The van der Waals surface area contributed by atoms with Crippen molar-refractivity contribution in [2.24, 2.45) is 0 Å². The number of aromatic nitrogens is 1. The lowest BCUT2D eigenvalue weighted by molar-refractivity contribution is 0.0527. The van der Waals surface area contributed by atoms with Crippen molar-refractivity contribution < 1.29 is 23.5 Å². The fourth-order valence-corrected chi connectivity index (χ4v) is 3.74. The van der Waals surface area contributed by atoms with Gasteiger partial charge in [-0.25, -0.2) is 14.0 Å². The highest BCUT2D eigenvalue weighted by Gasteiger charge is 2.22. The van der Waals surface area contributed by atoms with Crippen molar-refractivity contribution in [1.29, 1.82) is 0 Å². The maximum atomic E-state index is 13.9. The number of esters is 2. The molecule has 0 bridgehead atoms. The minimum absolute atomic E-state index is 0.156. The molecule has 0 N–H and O–H groups in total. The number of hydrogen-bond acceptors (Lipinski definition) is 4. The first-order valence-electron chi connectivity index (χ1n) is 10.3. The molecule has 0 radical (unpaired) electrons. The van der Waals surface area contributed by atoms with E-state index in [4.69, 9.17) is 9.47 Å². The molecule has 0 atom stereocenters. The average Bonchev–Trinajstić information content (AvgIpc) is 3.05. The third kappa shape index (κ3) is 4.12. The molecule has 1 heterocycles. The summed E-state index contributed by atoms with van der Waals surface area (Å²) in [7, 11) is 0. The lowest BCUT2D eigenvalue weighted by Crippen LogP contribution is -2.10. The highest BCUT2D eigenvalue weighted by atomic mass is 19.1. The van der Waals surface area contributed by atoms with Crippen LogP contribution in [0.1, 0.15) is 38.9 Å². The van der Waals surface area contributed by atoms with Gasteiger partial charge >= 0.3 is 11.9 Å². The fraction of sp³-hybridized carbons (Fsp3) is 0.154. The predicted octanol–water partition coefficient (Wildman–Crippen LogP) is 5.53. The van der Waals surface area contributed by atoms with Crippen LogP contribution < -0.4 is 4.74 Å². The summed E-state index contributed by atoms with van der Waals surface area (Å²) in [6, 6.07) is 20.6. The van der Waals surface area contributed by atoms with Crippen LogP contribution in [0.25, 0.3) is 10.9 Å². The van der Waals surface area contributed by atoms with E-state index < -0.39 is 17.8 Å². The number of hydrogen-bond donors (Lipinski definition) is 0. The van der Waals surface area contributed by atoms with Gasteiger partial charge in [-0.1, -0.05) is 42.5 Å². The molecule has 0 spiro atoms. The summed E-state index contributed by atoms with van der Waals surface area (Å²) in [6.07, 6.45) is 0.